The number of nitro groups is 1. The van der Waals surface area contributed by atoms with Crippen LogP contribution in [0.2, 0.25) is 5.02 Å². The number of benzene rings is 2. The van der Waals surface area contributed by atoms with E-state index in [1.807, 2.05) is 18.2 Å². The van der Waals surface area contributed by atoms with Crippen LogP contribution in [0.3, 0.4) is 0 Å². The van der Waals surface area contributed by atoms with E-state index in [1.54, 1.807) is 18.0 Å². The Morgan fingerprint density at radius 1 is 1.15 bits per heavy atom. The zero-order valence-corrected chi connectivity index (χ0v) is 14.9. The molecule has 0 fully saturated rings. The number of hydrogen-bond acceptors (Lipinski definition) is 4. The predicted octanol–water partition coefficient (Wildman–Crippen LogP) is 3.03. The van der Waals surface area contributed by atoms with Crippen molar-refractivity contribution in [2.75, 3.05) is 13.6 Å². The number of nitrogens with one attached hydrogen (secondary N) is 1. The van der Waals surface area contributed by atoms with Crippen molar-refractivity contribution in [1.29, 1.82) is 0 Å². The summed E-state index contributed by atoms with van der Waals surface area (Å²) in [5.41, 5.74) is 1.06. The van der Waals surface area contributed by atoms with Gasteiger partial charge >= 0.3 is 0 Å². The van der Waals surface area contributed by atoms with E-state index in [4.69, 9.17) is 11.6 Å². The van der Waals surface area contributed by atoms with E-state index in [0.29, 0.717) is 17.1 Å². The zero-order chi connectivity index (χ0) is 19.1. The molecule has 0 unspecified atom stereocenters. The van der Waals surface area contributed by atoms with Crippen LogP contribution in [0.1, 0.15) is 22.3 Å². The Kier molecular flexibility index (Phi) is 6.68. The van der Waals surface area contributed by atoms with E-state index < -0.39 is 4.92 Å². The van der Waals surface area contributed by atoms with Crippen LogP contribution in [0.4, 0.5) is 5.69 Å². The molecule has 0 radical (unpaired) electrons. The molecular formula is C18H18ClN3O4. The SMILES string of the molecule is CN(Cc1ccccc1Cl)C(=O)CCNC(=O)c1ccc([N+](=O)[O-])cc1. The average Bonchev–Trinajstić information content (AvgIpc) is 2.63. The minimum atomic E-state index is -0.533. The second-order valence-corrected chi connectivity index (χ2v) is 6.06. The molecule has 26 heavy (non-hydrogen) atoms. The van der Waals surface area contributed by atoms with Crippen molar-refractivity contribution in [1.82, 2.24) is 10.2 Å². The number of halogens is 1. The Labute approximate surface area is 155 Å². The highest BCUT2D eigenvalue weighted by Gasteiger charge is 2.13. The quantitative estimate of drug-likeness (QED) is 0.594. The molecule has 136 valence electrons. The molecule has 0 heterocycles. The average molecular weight is 376 g/mol. The number of non-ortho nitro benzene ring substituents is 1. The number of nitro benzene ring substituents is 1. The number of rotatable bonds is 7. The normalized spacial score (nSPS) is 10.2. The molecule has 0 aromatic heterocycles. The van der Waals surface area contributed by atoms with Crippen molar-refractivity contribution in [3.63, 3.8) is 0 Å². The molecular weight excluding hydrogens is 358 g/mol. The Morgan fingerprint density at radius 3 is 2.42 bits per heavy atom. The van der Waals surface area contributed by atoms with Gasteiger partial charge in [-0.05, 0) is 23.8 Å². The summed E-state index contributed by atoms with van der Waals surface area (Å²) >= 11 is 6.08. The molecule has 0 aliphatic rings. The van der Waals surface area contributed by atoms with E-state index in [9.17, 15) is 19.7 Å². The molecule has 0 saturated carbocycles. The summed E-state index contributed by atoms with van der Waals surface area (Å²) < 4.78 is 0. The second-order valence-electron chi connectivity index (χ2n) is 5.65. The minimum Gasteiger partial charge on any atom is -0.352 e. The first-order valence-corrected chi connectivity index (χ1v) is 8.26. The first kappa shape index (κ1) is 19.4. The molecule has 0 bridgehead atoms. The summed E-state index contributed by atoms with van der Waals surface area (Å²) in [5, 5.41) is 13.8. The lowest BCUT2D eigenvalue weighted by Gasteiger charge is -2.18. The summed E-state index contributed by atoms with van der Waals surface area (Å²) in [4.78, 5) is 35.8. The van der Waals surface area contributed by atoms with Gasteiger partial charge in [-0.3, -0.25) is 19.7 Å². The number of amides is 2. The van der Waals surface area contributed by atoms with E-state index >= 15 is 0 Å². The minimum absolute atomic E-state index is 0.0853. The van der Waals surface area contributed by atoms with Gasteiger partial charge in [0.2, 0.25) is 5.91 Å². The molecule has 0 aliphatic heterocycles. The lowest BCUT2D eigenvalue weighted by Crippen LogP contribution is -2.31. The fourth-order valence-electron chi connectivity index (χ4n) is 2.28. The maximum Gasteiger partial charge on any atom is 0.269 e. The predicted molar refractivity (Wildman–Crippen MR) is 98.0 cm³/mol. The summed E-state index contributed by atoms with van der Waals surface area (Å²) in [5.74, 6) is -0.518. The van der Waals surface area contributed by atoms with Gasteiger partial charge in [0.15, 0.2) is 0 Å². The number of carbonyl (C=O) groups is 2. The van der Waals surface area contributed by atoms with Crippen LogP contribution in [0.15, 0.2) is 48.5 Å². The Bertz CT molecular complexity index is 808. The Hall–Kier alpha value is -2.93. The van der Waals surface area contributed by atoms with Gasteiger partial charge < -0.3 is 10.2 Å². The summed E-state index contributed by atoms with van der Waals surface area (Å²) in [7, 11) is 1.67. The van der Waals surface area contributed by atoms with Crippen molar-refractivity contribution >= 4 is 29.1 Å². The fraction of sp³-hybridized carbons (Fsp3) is 0.222. The lowest BCUT2D eigenvalue weighted by molar-refractivity contribution is -0.384. The van der Waals surface area contributed by atoms with Gasteiger partial charge in [-0.25, -0.2) is 0 Å². The monoisotopic (exact) mass is 375 g/mol. The highest BCUT2D eigenvalue weighted by molar-refractivity contribution is 6.31. The van der Waals surface area contributed by atoms with E-state index in [0.717, 1.165) is 5.56 Å². The lowest BCUT2D eigenvalue weighted by atomic mass is 10.2. The molecule has 0 spiro atoms. The third-order valence-corrected chi connectivity index (χ3v) is 4.12. The van der Waals surface area contributed by atoms with Crippen molar-refractivity contribution < 1.29 is 14.5 Å². The van der Waals surface area contributed by atoms with Gasteiger partial charge in [-0.1, -0.05) is 29.8 Å². The van der Waals surface area contributed by atoms with Crippen molar-refractivity contribution in [3.8, 4) is 0 Å². The highest BCUT2D eigenvalue weighted by Crippen LogP contribution is 2.16. The molecule has 1 N–H and O–H groups in total. The third kappa shape index (κ3) is 5.29. The van der Waals surface area contributed by atoms with Crippen LogP contribution in [0.5, 0.6) is 0 Å². The largest absolute Gasteiger partial charge is 0.352 e. The van der Waals surface area contributed by atoms with Crippen LogP contribution < -0.4 is 5.32 Å². The fourth-order valence-corrected chi connectivity index (χ4v) is 2.48. The van der Waals surface area contributed by atoms with Gasteiger partial charge in [0.05, 0.1) is 4.92 Å². The molecule has 0 saturated heterocycles. The molecule has 2 rings (SSSR count). The van der Waals surface area contributed by atoms with Crippen molar-refractivity contribution in [3.05, 3.63) is 74.8 Å². The maximum atomic E-state index is 12.2. The third-order valence-electron chi connectivity index (χ3n) is 3.76. The summed E-state index contributed by atoms with van der Waals surface area (Å²) in [6.45, 7) is 0.552. The van der Waals surface area contributed by atoms with Crippen LogP contribution in [-0.2, 0) is 11.3 Å². The molecule has 2 aromatic carbocycles. The van der Waals surface area contributed by atoms with E-state index in [1.165, 1.54) is 24.3 Å². The second kappa shape index (κ2) is 8.96. The molecule has 8 heteroatoms. The van der Waals surface area contributed by atoms with Gasteiger partial charge in [0.1, 0.15) is 0 Å². The smallest absolute Gasteiger partial charge is 0.269 e. The number of nitrogens with zero attached hydrogens (tertiary/aromatic N) is 2. The highest BCUT2D eigenvalue weighted by atomic mass is 35.5. The van der Waals surface area contributed by atoms with Crippen LogP contribution in [0, 0.1) is 10.1 Å². The molecule has 2 amide bonds. The molecule has 0 atom stereocenters. The Balaban J connectivity index is 1.81. The zero-order valence-electron chi connectivity index (χ0n) is 14.1. The van der Waals surface area contributed by atoms with Crippen molar-refractivity contribution in [2.24, 2.45) is 0 Å². The molecule has 0 aliphatic carbocycles. The standard InChI is InChI=1S/C18H18ClN3O4/c1-21(12-14-4-2-3-5-16(14)19)17(23)10-11-20-18(24)13-6-8-15(9-7-13)22(25)26/h2-9H,10-12H2,1H3,(H,20,24). The van der Waals surface area contributed by atoms with Crippen molar-refractivity contribution in [2.45, 2.75) is 13.0 Å². The van der Waals surface area contributed by atoms with E-state index in [2.05, 4.69) is 5.32 Å². The maximum absolute atomic E-state index is 12.2. The number of hydrogen-bond donors (Lipinski definition) is 1. The van der Waals surface area contributed by atoms with Crippen LogP contribution in [0.25, 0.3) is 0 Å². The number of carbonyl (C=O) groups excluding carboxylic acids is 2. The summed E-state index contributed by atoms with van der Waals surface area (Å²) in [6, 6.07) is 12.6. The molecule has 2 aromatic rings. The molecule has 7 nitrogen and oxygen atoms in total. The Morgan fingerprint density at radius 2 is 1.81 bits per heavy atom. The van der Waals surface area contributed by atoms with Crippen LogP contribution in [-0.4, -0.2) is 35.2 Å². The van der Waals surface area contributed by atoms with Gasteiger partial charge in [-0.2, -0.15) is 0 Å². The van der Waals surface area contributed by atoms with Gasteiger partial charge in [0.25, 0.3) is 11.6 Å². The van der Waals surface area contributed by atoms with Gasteiger partial charge in [-0.15, -0.1) is 0 Å². The first-order chi connectivity index (χ1) is 12.4. The summed E-state index contributed by atoms with van der Waals surface area (Å²) in [6.07, 6.45) is 0.139. The van der Waals surface area contributed by atoms with E-state index in [-0.39, 0.29) is 30.5 Å². The van der Waals surface area contributed by atoms with Crippen LogP contribution >= 0.6 is 11.6 Å². The first-order valence-electron chi connectivity index (χ1n) is 7.88. The topological polar surface area (TPSA) is 92.6 Å². The van der Waals surface area contributed by atoms with Gasteiger partial charge in [0, 0.05) is 49.3 Å².